The van der Waals surface area contributed by atoms with E-state index in [1.165, 1.54) is 12.1 Å². The molecule has 0 aliphatic carbocycles. The van der Waals surface area contributed by atoms with Crippen molar-refractivity contribution in [1.29, 1.82) is 0 Å². The first-order chi connectivity index (χ1) is 16.2. The molecule has 1 spiro atoms. The van der Waals surface area contributed by atoms with Crippen LogP contribution in [0.15, 0.2) is 42.5 Å². The lowest BCUT2D eigenvalue weighted by atomic mass is 9.75. The average Bonchev–Trinajstić information content (AvgIpc) is 3.51. The molecule has 4 aliphatic rings. The lowest BCUT2D eigenvalue weighted by Crippen LogP contribution is -2.54. The zero-order valence-corrected chi connectivity index (χ0v) is 18.4. The summed E-state index contributed by atoms with van der Waals surface area (Å²) in [5, 5.41) is 2.91. The molecule has 0 saturated carbocycles. The second-order valence-corrected chi connectivity index (χ2v) is 9.42. The highest BCUT2D eigenvalue weighted by molar-refractivity contribution is 6.25. The third-order valence-electron chi connectivity index (χ3n) is 7.90. The van der Waals surface area contributed by atoms with Crippen LogP contribution in [0.3, 0.4) is 0 Å². The summed E-state index contributed by atoms with van der Waals surface area (Å²) in [6.45, 7) is 2.57. The quantitative estimate of drug-likeness (QED) is 0.682. The van der Waals surface area contributed by atoms with Gasteiger partial charge in [0, 0.05) is 17.3 Å². The Labute approximate surface area is 193 Å². The predicted octanol–water partition coefficient (Wildman–Crippen LogP) is 3.70. The predicted molar refractivity (Wildman–Crippen MR) is 117 cm³/mol. The Hall–Kier alpha value is -3.20. The first-order valence-electron chi connectivity index (χ1n) is 11.5. The number of aryl methyl sites for hydroxylation is 1. The molecule has 4 heterocycles. The van der Waals surface area contributed by atoms with Crippen LogP contribution in [0.1, 0.15) is 36.5 Å². The van der Waals surface area contributed by atoms with Gasteiger partial charge in [0.05, 0.1) is 23.1 Å². The highest BCUT2D eigenvalue weighted by Gasteiger charge is 2.74. The molecule has 4 aliphatic heterocycles. The summed E-state index contributed by atoms with van der Waals surface area (Å²) in [5.41, 5.74) is -0.0821. The number of carbonyl (C=O) groups is 3. The Morgan fingerprint density at radius 2 is 1.88 bits per heavy atom. The van der Waals surface area contributed by atoms with Gasteiger partial charge in [-0.05, 0) is 55.6 Å². The Kier molecular flexibility index (Phi) is 4.34. The summed E-state index contributed by atoms with van der Waals surface area (Å²) < 4.78 is 40.0. The molecule has 0 radical (unpaired) electrons. The topological polar surface area (TPSA) is 69.7 Å². The summed E-state index contributed by atoms with van der Waals surface area (Å²) in [6, 6.07) is 9.61. The van der Waals surface area contributed by atoms with Crippen molar-refractivity contribution in [3.05, 3.63) is 59.2 Å². The van der Waals surface area contributed by atoms with E-state index in [9.17, 15) is 27.6 Å². The second kappa shape index (κ2) is 6.91. The van der Waals surface area contributed by atoms with Crippen LogP contribution in [0.2, 0.25) is 0 Å². The van der Waals surface area contributed by atoms with Crippen molar-refractivity contribution >= 4 is 29.1 Å². The number of amides is 3. The third-order valence-corrected chi connectivity index (χ3v) is 7.90. The summed E-state index contributed by atoms with van der Waals surface area (Å²) >= 11 is 0. The molecule has 4 atom stereocenters. The first kappa shape index (κ1) is 21.3. The number of rotatable bonds is 2. The van der Waals surface area contributed by atoms with Crippen LogP contribution in [-0.2, 0) is 32.5 Å². The van der Waals surface area contributed by atoms with Crippen LogP contribution < -0.4 is 10.2 Å². The average molecular weight is 469 g/mol. The van der Waals surface area contributed by atoms with Gasteiger partial charge < -0.3 is 5.32 Å². The fourth-order valence-electron chi connectivity index (χ4n) is 6.55. The number of halogens is 3. The van der Waals surface area contributed by atoms with E-state index in [1.54, 1.807) is 0 Å². The number of nitrogens with zero attached hydrogens (tertiary/aromatic N) is 2. The van der Waals surface area contributed by atoms with Gasteiger partial charge in [-0.15, -0.1) is 0 Å². The fourth-order valence-corrected chi connectivity index (χ4v) is 6.55. The SMILES string of the molecule is CCc1ccc2c(c1)[C@]1(C(=O)N2)[C@@H]2C(=O)N(c3cccc(C(F)(F)F)c3)C(=O)[C@@H]2[C@@H]2CCCN21. The van der Waals surface area contributed by atoms with E-state index in [0.717, 1.165) is 35.4 Å². The number of carbonyl (C=O) groups excluding carboxylic acids is 3. The Bertz CT molecular complexity index is 1260. The van der Waals surface area contributed by atoms with Crippen molar-refractivity contribution in [3.8, 4) is 0 Å². The minimum atomic E-state index is -4.61. The van der Waals surface area contributed by atoms with Crippen LogP contribution in [0, 0.1) is 11.8 Å². The second-order valence-electron chi connectivity index (χ2n) is 9.42. The maximum atomic E-state index is 13.9. The molecule has 34 heavy (non-hydrogen) atoms. The van der Waals surface area contributed by atoms with Crippen LogP contribution >= 0.6 is 0 Å². The van der Waals surface area contributed by atoms with E-state index >= 15 is 0 Å². The third kappa shape index (κ3) is 2.53. The maximum Gasteiger partial charge on any atom is 0.416 e. The minimum absolute atomic E-state index is 0.111. The van der Waals surface area contributed by atoms with E-state index < -0.39 is 40.9 Å². The van der Waals surface area contributed by atoms with Gasteiger partial charge in [0.1, 0.15) is 5.54 Å². The van der Waals surface area contributed by atoms with Crippen LogP contribution in [0.25, 0.3) is 0 Å². The number of anilines is 2. The van der Waals surface area contributed by atoms with Crippen molar-refractivity contribution in [3.63, 3.8) is 0 Å². The molecule has 176 valence electrons. The number of nitrogens with one attached hydrogen (secondary N) is 1. The van der Waals surface area contributed by atoms with Crippen molar-refractivity contribution < 1.29 is 27.6 Å². The van der Waals surface area contributed by atoms with Gasteiger partial charge in [0.2, 0.25) is 17.7 Å². The smallest absolute Gasteiger partial charge is 0.324 e. The zero-order valence-electron chi connectivity index (χ0n) is 18.4. The van der Waals surface area contributed by atoms with E-state index in [-0.39, 0.29) is 17.6 Å². The van der Waals surface area contributed by atoms with Crippen LogP contribution in [0.5, 0.6) is 0 Å². The summed E-state index contributed by atoms with van der Waals surface area (Å²) in [7, 11) is 0. The minimum Gasteiger partial charge on any atom is -0.324 e. The van der Waals surface area contributed by atoms with Gasteiger partial charge >= 0.3 is 6.18 Å². The molecule has 9 heteroatoms. The first-order valence-corrected chi connectivity index (χ1v) is 11.5. The molecule has 2 aromatic carbocycles. The molecule has 3 fully saturated rings. The van der Waals surface area contributed by atoms with Gasteiger partial charge in [0.15, 0.2) is 0 Å². The van der Waals surface area contributed by atoms with E-state index in [0.29, 0.717) is 24.2 Å². The van der Waals surface area contributed by atoms with Gasteiger partial charge in [-0.25, -0.2) is 4.90 Å². The Morgan fingerprint density at radius 1 is 1.09 bits per heavy atom. The van der Waals surface area contributed by atoms with Gasteiger partial charge in [0.25, 0.3) is 0 Å². The Morgan fingerprint density at radius 3 is 2.62 bits per heavy atom. The Balaban J connectivity index is 1.52. The monoisotopic (exact) mass is 469 g/mol. The fraction of sp³-hybridized carbons (Fsp3) is 0.400. The highest BCUT2D eigenvalue weighted by atomic mass is 19.4. The number of alkyl halides is 3. The normalized spacial score (nSPS) is 30.2. The molecule has 1 N–H and O–H groups in total. The molecular weight excluding hydrogens is 447 g/mol. The van der Waals surface area contributed by atoms with Crippen LogP contribution in [-0.4, -0.2) is 35.2 Å². The van der Waals surface area contributed by atoms with E-state index in [4.69, 9.17) is 0 Å². The van der Waals surface area contributed by atoms with Gasteiger partial charge in [-0.1, -0.05) is 25.1 Å². The summed E-state index contributed by atoms with van der Waals surface area (Å²) in [5.74, 6) is -3.27. The molecule has 0 unspecified atom stereocenters. The maximum absolute atomic E-state index is 13.9. The van der Waals surface area contributed by atoms with Gasteiger partial charge in [-0.3, -0.25) is 19.3 Å². The number of hydrogen-bond acceptors (Lipinski definition) is 4. The molecule has 0 bridgehead atoms. The highest BCUT2D eigenvalue weighted by Crippen LogP contribution is 2.60. The lowest BCUT2D eigenvalue weighted by Gasteiger charge is -2.36. The molecule has 6 nitrogen and oxygen atoms in total. The van der Waals surface area contributed by atoms with Crippen molar-refractivity contribution in [2.45, 2.75) is 43.9 Å². The molecule has 3 amide bonds. The summed E-state index contributed by atoms with van der Waals surface area (Å²) in [6.07, 6.45) is -2.45. The van der Waals surface area contributed by atoms with Crippen LogP contribution in [0.4, 0.5) is 24.5 Å². The van der Waals surface area contributed by atoms with E-state index in [2.05, 4.69) is 5.32 Å². The number of imide groups is 1. The number of benzene rings is 2. The van der Waals surface area contributed by atoms with Gasteiger partial charge in [-0.2, -0.15) is 13.2 Å². The molecule has 0 aromatic heterocycles. The standard InChI is InChI=1S/C25H22F3N3O3/c1-2-13-8-9-17-16(11-13)24(23(34)29-17)20-19(18-7-4-10-30(18)24)21(32)31(22(20)33)15-6-3-5-14(12-15)25(26,27)28/h3,5-6,8-9,11-12,18-20H,2,4,7,10H2,1H3,(H,29,34)/t18-,19+,20-,24+/m0/s1. The molecule has 6 rings (SSSR count). The molecular formula is C25H22F3N3O3. The number of fused-ring (bicyclic) bond motifs is 7. The van der Waals surface area contributed by atoms with Crippen molar-refractivity contribution in [2.24, 2.45) is 11.8 Å². The summed E-state index contributed by atoms with van der Waals surface area (Å²) in [4.78, 5) is 44.0. The molecule has 2 aromatic rings. The van der Waals surface area contributed by atoms with E-state index in [1.807, 2.05) is 30.0 Å². The zero-order chi connectivity index (χ0) is 24.0. The lowest BCUT2D eigenvalue weighted by molar-refractivity contribution is -0.137. The van der Waals surface area contributed by atoms with Crippen molar-refractivity contribution in [1.82, 2.24) is 4.90 Å². The largest absolute Gasteiger partial charge is 0.416 e. The molecule has 3 saturated heterocycles. The van der Waals surface area contributed by atoms with Crippen molar-refractivity contribution in [2.75, 3.05) is 16.8 Å². The number of hydrogen-bond donors (Lipinski definition) is 1.